The van der Waals surface area contributed by atoms with Crippen LogP contribution in [0.15, 0.2) is 60.9 Å². The van der Waals surface area contributed by atoms with Gasteiger partial charge < -0.3 is 10.1 Å². The summed E-state index contributed by atoms with van der Waals surface area (Å²) in [4.78, 5) is 12.3. The van der Waals surface area contributed by atoms with Gasteiger partial charge in [0.05, 0.1) is 24.6 Å². The van der Waals surface area contributed by atoms with Crippen molar-refractivity contribution in [1.82, 2.24) is 15.1 Å². The first kappa shape index (κ1) is 16.1. The van der Waals surface area contributed by atoms with E-state index < -0.39 is 0 Å². The Kier molecular flexibility index (Phi) is 4.82. The summed E-state index contributed by atoms with van der Waals surface area (Å²) in [5.41, 5.74) is 2.30. The minimum Gasteiger partial charge on any atom is -0.497 e. The van der Waals surface area contributed by atoms with Gasteiger partial charge in [0.1, 0.15) is 5.75 Å². The van der Waals surface area contributed by atoms with E-state index in [-0.39, 0.29) is 5.91 Å². The molecule has 1 N–H and O–H groups in total. The number of hydrogen-bond acceptors (Lipinski definition) is 3. The molecule has 0 aliphatic carbocycles. The second-order valence-corrected chi connectivity index (χ2v) is 5.62. The minimum atomic E-state index is -0.182. The van der Waals surface area contributed by atoms with E-state index in [1.807, 2.05) is 36.4 Å². The van der Waals surface area contributed by atoms with Gasteiger partial charge in [0.2, 0.25) is 0 Å². The highest BCUT2D eigenvalue weighted by Gasteiger charge is 2.09. The van der Waals surface area contributed by atoms with Crippen molar-refractivity contribution in [1.29, 1.82) is 0 Å². The number of hydrogen-bond donors (Lipinski definition) is 1. The quantitative estimate of drug-likeness (QED) is 0.773. The molecule has 0 saturated carbocycles. The second-order valence-electron chi connectivity index (χ2n) is 5.18. The highest BCUT2D eigenvalue weighted by molar-refractivity contribution is 6.30. The normalized spacial score (nSPS) is 10.4. The predicted octanol–water partition coefficient (Wildman–Crippen LogP) is 3.46. The molecule has 0 bridgehead atoms. The molecular weight excluding hydrogens is 326 g/mol. The van der Waals surface area contributed by atoms with Crippen molar-refractivity contribution in [2.75, 3.05) is 7.11 Å². The first-order valence-electron chi connectivity index (χ1n) is 7.37. The average molecular weight is 342 g/mol. The molecule has 3 aromatic rings. The van der Waals surface area contributed by atoms with Gasteiger partial charge in [-0.3, -0.25) is 4.79 Å². The van der Waals surface area contributed by atoms with Gasteiger partial charge in [0.25, 0.3) is 5.91 Å². The van der Waals surface area contributed by atoms with Gasteiger partial charge in [0.15, 0.2) is 0 Å². The third kappa shape index (κ3) is 3.75. The number of aromatic nitrogens is 2. The molecule has 2 aromatic carbocycles. The van der Waals surface area contributed by atoms with Crippen LogP contribution in [0, 0.1) is 0 Å². The van der Waals surface area contributed by atoms with Crippen molar-refractivity contribution >= 4 is 17.5 Å². The maximum absolute atomic E-state index is 12.3. The first-order valence-corrected chi connectivity index (χ1v) is 7.75. The molecule has 0 spiro atoms. The van der Waals surface area contributed by atoms with E-state index >= 15 is 0 Å². The van der Waals surface area contributed by atoms with E-state index in [4.69, 9.17) is 16.3 Å². The Morgan fingerprint density at radius 1 is 1.25 bits per heavy atom. The average Bonchev–Trinajstić information content (AvgIpc) is 3.10. The van der Waals surface area contributed by atoms with Crippen molar-refractivity contribution in [2.24, 2.45) is 0 Å². The SMILES string of the molecule is COc1cccc(CNC(=O)c2cnn(-c3ccc(Cl)cc3)c2)c1. The van der Waals surface area contributed by atoms with Crippen molar-refractivity contribution < 1.29 is 9.53 Å². The lowest BCUT2D eigenvalue weighted by atomic mass is 10.2. The maximum atomic E-state index is 12.3. The minimum absolute atomic E-state index is 0.182. The van der Waals surface area contributed by atoms with Gasteiger partial charge in [-0.25, -0.2) is 4.68 Å². The molecule has 1 amide bonds. The van der Waals surface area contributed by atoms with Crippen LogP contribution < -0.4 is 10.1 Å². The van der Waals surface area contributed by atoms with Gasteiger partial charge in [-0.1, -0.05) is 23.7 Å². The monoisotopic (exact) mass is 341 g/mol. The molecule has 0 aliphatic heterocycles. The summed E-state index contributed by atoms with van der Waals surface area (Å²) in [6, 6.07) is 14.8. The van der Waals surface area contributed by atoms with Gasteiger partial charge in [-0.2, -0.15) is 5.10 Å². The second kappa shape index (κ2) is 7.19. The van der Waals surface area contributed by atoms with Gasteiger partial charge in [-0.05, 0) is 42.0 Å². The fourth-order valence-corrected chi connectivity index (χ4v) is 2.37. The Labute approximate surface area is 144 Å². The summed E-state index contributed by atoms with van der Waals surface area (Å²) in [5, 5.41) is 7.74. The highest BCUT2D eigenvalue weighted by atomic mass is 35.5. The molecule has 24 heavy (non-hydrogen) atoms. The van der Waals surface area contributed by atoms with Gasteiger partial charge in [-0.15, -0.1) is 0 Å². The van der Waals surface area contributed by atoms with Crippen LogP contribution in [0.3, 0.4) is 0 Å². The van der Waals surface area contributed by atoms with E-state index in [1.54, 1.807) is 30.1 Å². The number of carbonyl (C=O) groups is 1. The van der Waals surface area contributed by atoms with Gasteiger partial charge in [0, 0.05) is 17.8 Å². The summed E-state index contributed by atoms with van der Waals surface area (Å²) >= 11 is 5.87. The molecule has 0 saturated heterocycles. The molecule has 1 heterocycles. The van der Waals surface area contributed by atoms with Crippen LogP contribution >= 0.6 is 11.6 Å². The summed E-state index contributed by atoms with van der Waals surface area (Å²) in [5.74, 6) is 0.579. The van der Waals surface area contributed by atoms with E-state index in [1.165, 1.54) is 6.20 Å². The Morgan fingerprint density at radius 2 is 2.04 bits per heavy atom. The van der Waals surface area contributed by atoms with Crippen LogP contribution in [0.5, 0.6) is 5.75 Å². The predicted molar refractivity (Wildman–Crippen MR) is 92.7 cm³/mol. The van der Waals surface area contributed by atoms with E-state index in [9.17, 15) is 4.79 Å². The number of nitrogens with zero attached hydrogens (tertiary/aromatic N) is 2. The maximum Gasteiger partial charge on any atom is 0.254 e. The molecular formula is C18H16ClN3O2. The number of amides is 1. The zero-order valence-corrected chi connectivity index (χ0v) is 13.8. The van der Waals surface area contributed by atoms with Crippen molar-refractivity contribution in [2.45, 2.75) is 6.54 Å². The van der Waals surface area contributed by atoms with Crippen LogP contribution in [0.25, 0.3) is 5.69 Å². The third-order valence-electron chi connectivity index (χ3n) is 3.52. The lowest BCUT2D eigenvalue weighted by molar-refractivity contribution is 0.0951. The molecule has 0 fully saturated rings. The van der Waals surface area contributed by atoms with Gasteiger partial charge >= 0.3 is 0 Å². The number of ether oxygens (including phenoxy) is 1. The van der Waals surface area contributed by atoms with Crippen LogP contribution in [-0.2, 0) is 6.54 Å². The highest BCUT2D eigenvalue weighted by Crippen LogP contribution is 2.14. The largest absolute Gasteiger partial charge is 0.497 e. The summed E-state index contributed by atoms with van der Waals surface area (Å²) < 4.78 is 6.81. The Morgan fingerprint density at radius 3 is 2.79 bits per heavy atom. The third-order valence-corrected chi connectivity index (χ3v) is 3.78. The van der Waals surface area contributed by atoms with Crippen LogP contribution in [-0.4, -0.2) is 22.8 Å². The molecule has 0 radical (unpaired) electrons. The number of nitrogens with one attached hydrogen (secondary N) is 1. The van der Waals surface area contributed by atoms with Crippen LogP contribution in [0.2, 0.25) is 5.02 Å². The van der Waals surface area contributed by atoms with Crippen molar-refractivity contribution in [3.8, 4) is 11.4 Å². The summed E-state index contributed by atoms with van der Waals surface area (Å²) in [6.07, 6.45) is 3.22. The van der Waals surface area contributed by atoms with E-state index in [2.05, 4.69) is 10.4 Å². The Bertz CT molecular complexity index is 843. The molecule has 6 heteroatoms. The number of halogens is 1. The van der Waals surface area contributed by atoms with Crippen LogP contribution in [0.1, 0.15) is 15.9 Å². The molecule has 122 valence electrons. The zero-order valence-electron chi connectivity index (χ0n) is 13.1. The molecule has 0 aliphatic rings. The summed E-state index contributed by atoms with van der Waals surface area (Å²) in [7, 11) is 1.61. The van der Waals surface area contributed by atoms with E-state index in [0.29, 0.717) is 17.1 Å². The number of benzene rings is 2. The molecule has 0 atom stereocenters. The standard InChI is InChI=1S/C18H16ClN3O2/c1-24-17-4-2-3-13(9-17)10-20-18(23)14-11-21-22(12-14)16-7-5-15(19)6-8-16/h2-9,11-12H,10H2,1H3,(H,20,23). The van der Waals surface area contributed by atoms with E-state index in [0.717, 1.165) is 17.0 Å². The molecule has 0 unspecified atom stereocenters. The van der Waals surface area contributed by atoms with Crippen molar-refractivity contribution in [3.63, 3.8) is 0 Å². The molecule has 5 nitrogen and oxygen atoms in total. The lowest BCUT2D eigenvalue weighted by Crippen LogP contribution is -2.22. The van der Waals surface area contributed by atoms with Crippen LogP contribution in [0.4, 0.5) is 0 Å². The number of rotatable bonds is 5. The summed E-state index contributed by atoms with van der Waals surface area (Å²) in [6.45, 7) is 0.419. The topological polar surface area (TPSA) is 56.1 Å². The zero-order chi connectivity index (χ0) is 16.9. The Hall–Kier alpha value is -2.79. The number of methoxy groups -OCH3 is 1. The smallest absolute Gasteiger partial charge is 0.254 e. The Balaban J connectivity index is 1.66. The molecule has 1 aromatic heterocycles. The lowest BCUT2D eigenvalue weighted by Gasteiger charge is -2.06. The molecule has 3 rings (SSSR count). The fraction of sp³-hybridized carbons (Fsp3) is 0.111. The fourth-order valence-electron chi connectivity index (χ4n) is 2.24. The number of carbonyl (C=O) groups excluding carboxylic acids is 1. The first-order chi connectivity index (χ1) is 11.7. The van der Waals surface area contributed by atoms with Crippen molar-refractivity contribution in [3.05, 3.63) is 77.1 Å².